The third kappa shape index (κ3) is 3.39. The number of imidazole rings is 1. The van der Waals surface area contributed by atoms with Crippen molar-refractivity contribution >= 4 is 5.91 Å². The summed E-state index contributed by atoms with van der Waals surface area (Å²) in [5.74, 6) is -0.116. The summed E-state index contributed by atoms with van der Waals surface area (Å²) in [5, 5.41) is 7.26. The fraction of sp³-hybridized carbons (Fsp3) is 0.0500. The lowest BCUT2D eigenvalue weighted by Crippen LogP contribution is -2.22. The van der Waals surface area contributed by atoms with Crippen LogP contribution in [-0.4, -0.2) is 25.2 Å². The number of benzene rings is 2. The number of carbonyl (C=O) groups is 1. The third-order valence-electron chi connectivity index (χ3n) is 4.04. The highest BCUT2D eigenvalue weighted by atomic mass is 16.1. The van der Waals surface area contributed by atoms with Gasteiger partial charge >= 0.3 is 0 Å². The minimum absolute atomic E-state index is 0.116. The largest absolute Gasteiger partial charge is 0.348 e. The van der Waals surface area contributed by atoms with Gasteiger partial charge < -0.3 is 9.88 Å². The van der Waals surface area contributed by atoms with Gasteiger partial charge in [0.25, 0.3) is 5.91 Å². The van der Waals surface area contributed by atoms with Crippen molar-refractivity contribution in [2.75, 3.05) is 0 Å². The molecule has 0 aliphatic rings. The Morgan fingerprint density at radius 2 is 1.81 bits per heavy atom. The summed E-state index contributed by atoms with van der Waals surface area (Å²) in [6.45, 7) is 0.426. The fourth-order valence-corrected chi connectivity index (χ4v) is 2.65. The minimum Gasteiger partial charge on any atom is -0.348 e. The van der Waals surface area contributed by atoms with Crippen molar-refractivity contribution < 1.29 is 4.79 Å². The van der Waals surface area contributed by atoms with Crippen LogP contribution in [-0.2, 0) is 6.54 Å². The van der Waals surface area contributed by atoms with E-state index in [9.17, 15) is 4.79 Å². The lowest BCUT2D eigenvalue weighted by molar-refractivity contribution is 0.0951. The Labute approximate surface area is 150 Å². The summed E-state index contributed by atoms with van der Waals surface area (Å²) in [6.07, 6.45) is 8.97. The predicted molar refractivity (Wildman–Crippen MR) is 98.3 cm³/mol. The molecular formula is C20H17N5O. The van der Waals surface area contributed by atoms with Gasteiger partial charge in [-0.25, -0.2) is 9.67 Å². The number of rotatable bonds is 5. The van der Waals surface area contributed by atoms with Gasteiger partial charge in [-0.3, -0.25) is 4.79 Å². The van der Waals surface area contributed by atoms with Crippen LogP contribution >= 0.6 is 0 Å². The first-order valence-electron chi connectivity index (χ1n) is 8.25. The molecule has 6 nitrogen and oxygen atoms in total. The smallest absolute Gasteiger partial charge is 0.251 e. The highest BCUT2D eigenvalue weighted by Crippen LogP contribution is 2.10. The van der Waals surface area contributed by atoms with Crippen LogP contribution in [0.1, 0.15) is 15.9 Å². The Bertz CT molecular complexity index is 988. The van der Waals surface area contributed by atoms with E-state index in [1.54, 1.807) is 35.5 Å². The van der Waals surface area contributed by atoms with Gasteiger partial charge in [0.2, 0.25) is 0 Å². The average Bonchev–Trinajstić information content (AvgIpc) is 3.39. The molecule has 128 valence electrons. The maximum absolute atomic E-state index is 12.3. The molecule has 6 heteroatoms. The second kappa shape index (κ2) is 7.06. The molecule has 4 rings (SSSR count). The zero-order chi connectivity index (χ0) is 17.8. The SMILES string of the molecule is O=C(NCc1cnn(-c2ccccc2)c1)c1ccc(-n2ccnc2)cc1. The maximum Gasteiger partial charge on any atom is 0.251 e. The van der Waals surface area contributed by atoms with Crippen LogP contribution in [0.3, 0.4) is 0 Å². The molecule has 0 fully saturated rings. The molecule has 0 aliphatic carbocycles. The molecule has 0 saturated carbocycles. The van der Waals surface area contributed by atoms with Gasteiger partial charge in [0, 0.05) is 41.9 Å². The molecular weight excluding hydrogens is 326 g/mol. The molecule has 0 atom stereocenters. The minimum atomic E-state index is -0.116. The lowest BCUT2D eigenvalue weighted by Gasteiger charge is -2.06. The Morgan fingerprint density at radius 3 is 2.54 bits per heavy atom. The van der Waals surface area contributed by atoms with E-state index < -0.39 is 0 Å². The molecule has 2 aromatic heterocycles. The van der Waals surface area contributed by atoms with Crippen molar-refractivity contribution in [1.29, 1.82) is 0 Å². The zero-order valence-corrected chi connectivity index (χ0v) is 14.0. The fourth-order valence-electron chi connectivity index (χ4n) is 2.65. The number of aromatic nitrogens is 4. The van der Waals surface area contributed by atoms with E-state index >= 15 is 0 Å². The monoisotopic (exact) mass is 343 g/mol. The average molecular weight is 343 g/mol. The number of nitrogens with zero attached hydrogens (tertiary/aromatic N) is 4. The van der Waals surface area contributed by atoms with E-state index in [1.165, 1.54) is 0 Å². The molecule has 0 aliphatic heterocycles. The van der Waals surface area contributed by atoms with Crippen molar-refractivity contribution in [3.8, 4) is 11.4 Å². The second-order valence-electron chi connectivity index (χ2n) is 5.83. The molecule has 4 aromatic rings. The summed E-state index contributed by atoms with van der Waals surface area (Å²) in [6, 6.07) is 17.3. The summed E-state index contributed by atoms with van der Waals surface area (Å²) in [5.41, 5.74) is 3.50. The van der Waals surface area contributed by atoms with Crippen molar-refractivity contribution in [1.82, 2.24) is 24.6 Å². The first-order chi connectivity index (χ1) is 12.8. The number of amides is 1. The van der Waals surface area contributed by atoms with Crippen LogP contribution < -0.4 is 5.32 Å². The summed E-state index contributed by atoms with van der Waals surface area (Å²) in [7, 11) is 0. The number of carbonyl (C=O) groups excluding carboxylic acids is 1. The predicted octanol–water partition coefficient (Wildman–Crippen LogP) is 2.99. The first kappa shape index (κ1) is 15.8. The Hall–Kier alpha value is -3.67. The number of nitrogens with one attached hydrogen (secondary N) is 1. The van der Waals surface area contributed by atoms with E-state index in [1.807, 2.05) is 59.4 Å². The summed E-state index contributed by atoms with van der Waals surface area (Å²) >= 11 is 0. The number of hydrogen-bond acceptors (Lipinski definition) is 3. The van der Waals surface area contributed by atoms with Gasteiger partial charge in [-0.15, -0.1) is 0 Å². The Balaban J connectivity index is 1.39. The topological polar surface area (TPSA) is 64.7 Å². The van der Waals surface area contributed by atoms with E-state index in [-0.39, 0.29) is 5.91 Å². The summed E-state index contributed by atoms with van der Waals surface area (Å²) < 4.78 is 3.68. The molecule has 0 bridgehead atoms. The van der Waals surface area contributed by atoms with Crippen LogP contribution in [0.25, 0.3) is 11.4 Å². The van der Waals surface area contributed by atoms with E-state index in [0.29, 0.717) is 12.1 Å². The highest BCUT2D eigenvalue weighted by Gasteiger charge is 2.07. The first-order valence-corrected chi connectivity index (χ1v) is 8.25. The molecule has 0 radical (unpaired) electrons. The van der Waals surface area contributed by atoms with Crippen molar-refractivity contribution in [3.05, 3.63) is 96.8 Å². The molecule has 2 aromatic carbocycles. The molecule has 0 saturated heterocycles. The quantitative estimate of drug-likeness (QED) is 0.606. The molecule has 2 heterocycles. The Morgan fingerprint density at radius 1 is 1.00 bits per heavy atom. The molecule has 1 N–H and O–H groups in total. The van der Waals surface area contributed by atoms with Gasteiger partial charge in [0.15, 0.2) is 0 Å². The molecule has 26 heavy (non-hydrogen) atoms. The molecule has 1 amide bonds. The van der Waals surface area contributed by atoms with Crippen LogP contribution in [0.2, 0.25) is 0 Å². The number of hydrogen-bond donors (Lipinski definition) is 1. The van der Waals surface area contributed by atoms with Crippen LogP contribution in [0.5, 0.6) is 0 Å². The maximum atomic E-state index is 12.3. The van der Waals surface area contributed by atoms with E-state index in [2.05, 4.69) is 15.4 Å². The third-order valence-corrected chi connectivity index (χ3v) is 4.04. The van der Waals surface area contributed by atoms with Gasteiger partial charge in [-0.2, -0.15) is 5.10 Å². The van der Waals surface area contributed by atoms with Gasteiger partial charge in [0.05, 0.1) is 18.2 Å². The summed E-state index contributed by atoms with van der Waals surface area (Å²) in [4.78, 5) is 16.4. The lowest BCUT2D eigenvalue weighted by atomic mass is 10.2. The van der Waals surface area contributed by atoms with Gasteiger partial charge in [0.1, 0.15) is 0 Å². The van der Waals surface area contributed by atoms with Gasteiger partial charge in [-0.1, -0.05) is 18.2 Å². The van der Waals surface area contributed by atoms with E-state index in [4.69, 9.17) is 0 Å². The van der Waals surface area contributed by atoms with Crippen LogP contribution in [0.4, 0.5) is 0 Å². The second-order valence-corrected chi connectivity index (χ2v) is 5.83. The van der Waals surface area contributed by atoms with Crippen molar-refractivity contribution in [2.45, 2.75) is 6.54 Å². The number of para-hydroxylation sites is 1. The highest BCUT2D eigenvalue weighted by molar-refractivity contribution is 5.94. The van der Waals surface area contributed by atoms with Crippen molar-refractivity contribution in [2.24, 2.45) is 0 Å². The van der Waals surface area contributed by atoms with Gasteiger partial charge in [-0.05, 0) is 36.4 Å². The molecule has 0 spiro atoms. The van der Waals surface area contributed by atoms with E-state index in [0.717, 1.165) is 16.9 Å². The molecule has 0 unspecified atom stereocenters. The standard InChI is InChI=1S/C20H17N5O/c26-20(17-6-8-18(9-7-17)24-11-10-21-15-24)22-12-16-13-23-25(14-16)19-4-2-1-3-5-19/h1-11,13-15H,12H2,(H,22,26). The normalized spacial score (nSPS) is 10.6. The Kier molecular flexibility index (Phi) is 4.30. The zero-order valence-electron chi connectivity index (χ0n) is 14.0. The van der Waals surface area contributed by atoms with Crippen LogP contribution in [0.15, 0.2) is 85.7 Å². The van der Waals surface area contributed by atoms with Crippen LogP contribution in [0, 0.1) is 0 Å². The van der Waals surface area contributed by atoms with Crippen molar-refractivity contribution in [3.63, 3.8) is 0 Å².